The number of hydrogen-bond donors (Lipinski definition) is 3. The van der Waals surface area contributed by atoms with Crippen LogP contribution >= 0.6 is 0 Å². The van der Waals surface area contributed by atoms with Gasteiger partial charge in [-0.25, -0.2) is 17.2 Å². The van der Waals surface area contributed by atoms with Crippen LogP contribution in [0.25, 0.3) is 0 Å². The molecule has 1 amide bonds. The summed E-state index contributed by atoms with van der Waals surface area (Å²) < 4.78 is 56.1. The molecule has 1 aromatic heterocycles. The molecule has 2 aromatic rings. The van der Waals surface area contributed by atoms with E-state index in [0.29, 0.717) is 18.5 Å². The maximum Gasteiger partial charge on any atom is 0.274 e. The average Bonchev–Trinajstić information content (AvgIpc) is 3.36. The lowest BCUT2D eigenvalue weighted by molar-refractivity contribution is -0.0379. The highest BCUT2D eigenvalue weighted by Crippen LogP contribution is 2.42. The summed E-state index contributed by atoms with van der Waals surface area (Å²) >= 11 is 0. The van der Waals surface area contributed by atoms with E-state index in [1.165, 1.54) is 22.8 Å². The lowest BCUT2D eigenvalue weighted by atomic mass is 10.0. The van der Waals surface area contributed by atoms with Crippen LogP contribution in [0.4, 0.5) is 25.8 Å². The van der Waals surface area contributed by atoms with Gasteiger partial charge in [0.25, 0.3) is 11.5 Å². The second kappa shape index (κ2) is 11.6. The summed E-state index contributed by atoms with van der Waals surface area (Å²) in [4.78, 5) is 28.9. The van der Waals surface area contributed by atoms with Crippen molar-refractivity contribution in [3.63, 3.8) is 0 Å². The summed E-state index contributed by atoms with van der Waals surface area (Å²) in [6.45, 7) is 6.44. The highest BCUT2D eigenvalue weighted by molar-refractivity contribution is 7.92. The third kappa shape index (κ3) is 7.10. The summed E-state index contributed by atoms with van der Waals surface area (Å²) in [5.41, 5.74) is 0.693. The molecule has 4 rings (SSSR count). The number of alkyl halides is 2. The fourth-order valence-electron chi connectivity index (χ4n) is 5.51. The summed E-state index contributed by atoms with van der Waals surface area (Å²) in [5, 5.41) is 11.8. The molecule has 2 heterocycles. The zero-order chi connectivity index (χ0) is 29.3. The standard InChI is InChI=1S/C27H38F2N4O5SSi/c1-27(28,29)19-6-8-21(17-19)33-10-4-5-23(26(33)36)30-25(35)22-9-7-20(31-39(37,38)14-13-34)18-24(22)32-11-15-40(2,3)16-12-32/h4-5,7,9-10,18-19,21,31,34H,6,8,11-17H2,1-3H3,(H,30,35)/t19-,21+/m1/s1. The first kappa shape index (κ1) is 30.2. The molecule has 9 nitrogen and oxygen atoms in total. The van der Waals surface area contributed by atoms with E-state index in [1.54, 1.807) is 18.3 Å². The number of nitrogens with zero attached hydrogens (tertiary/aromatic N) is 2. The van der Waals surface area contributed by atoms with Crippen molar-refractivity contribution in [2.24, 2.45) is 5.92 Å². The average molecular weight is 597 g/mol. The van der Waals surface area contributed by atoms with Gasteiger partial charge >= 0.3 is 0 Å². The number of anilines is 3. The fourth-order valence-corrected chi connectivity index (χ4v) is 8.33. The van der Waals surface area contributed by atoms with E-state index < -0.39 is 53.8 Å². The quantitative estimate of drug-likeness (QED) is 0.370. The van der Waals surface area contributed by atoms with Gasteiger partial charge in [0.15, 0.2) is 0 Å². The van der Waals surface area contributed by atoms with Crippen molar-refractivity contribution in [1.82, 2.24) is 4.57 Å². The van der Waals surface area contributed by atoms with E-state index in [2.05, 4.69) is 28.0 Å². The van der Waals surface area contributed by atoms with Gasteiger partial charge in [0.05, 0.1) is 37.4 Å². The number of hydrogen-bond acceptors (Lipinski definition) is 6. The van der Waals surface area contributed by atoms with Crippen LogP contribution in [0.15, 0.2) is 41.3 Å². The number of nitrogens with one attached hydrogen (secondary N) is 2. The number of benzene rings is 1. The number of amides is 1. The van der Waals surface area contributed by atoms with Gasteiger partial charge < -0.3 is 19.9 Å². The first-order valence-corrected chi connectivity index (χ1v) is 18.7. The molecule has 0 radical (unpaired) electrons. The van der Waals surface area contributed by atoms with Crippen LogP contribution < -0.4 is 20.5 Å². The minimum Gasteiger partial charge on any atom is -0.395 e. The van der Waals surface area contributed by atoms with Crippen LogP contribution in [0.5, 0.6) is 0 Å². The molecule has 1 saturated heterocycles. The number of aliphatic hydroxyl groups excluding tert-OH is 1. The van der Waals surface area contributed by atoms with Crippen LogP contribution in [0.1, 0.15) is 42.6 Å². The minimum atomic E-state index is -3.77. The summed E-state index contributed by atoms with van der Waals surface area (Å²) in [6.07, 6.45) is 2.53. The third-order valence-corrected chi connectivity index (χ3v) is 12.5. The maximum atomic E-state index is 13.9. The molecule has 40 heavy (non-hydrogen) atoms. The van der Waals surface area contributed by atoms with E-state index in [0.717, 1.165) is 32.1 Å². The van der Waals surface area contributed by atoms with E-state index in [4.69, 9.17) is 5.11 Å². The number of rotatable bonds is 9. The largest absolute Gasteiger partial charge is 0.395 e. The Morgan fingerprint density at radius 1 is 1.18 bits per heavy atom. The van der Waals surface area contributed by atoms with Gasteiger partial charge in [0.2, 0.25) is 15.9 Å². The van der Waals surface area contributed by atoms with Crippen molar-refractivity contribution in [3.8, 4) is 0 Å². The smallest absolute Gasteiger partial charge is 0.274 e. The van der Waals surface area contributed by atoms with Crippen molar-refractivity contribution in [3.05, 3.63) is 52.4 Å². The normalized spacial score (nSPS) is 21.3. The molecule has 3 N–H and O–H groups in total. The molecule has 1 aromatic carbocycles. The van der Waals surface area contributed by atoms with Crippen molar-refractivity contribution in [1.29, 1.82) is 0 Å². The molecule has 1 saturated carbocycles. The second-order valence-corrected chi connectivity index (χ2v) is 18.9. The van der Waals surface area contributed by atoms with E-state index in [-0.39, 0.29) is 29.4 Å². The third-order valence-electron chi connectivity index (χ3n) is 8.07. The van der Waals surface area contributed by atoms with E-state index in [1.807, 2.05) is 0 Å². The first-order valence-electron chi connectivity index (χ1n) is 13.6. The number of carbonyl (C=O) groups excluding carboxylic acids is 1. The molecule has 0 spiro atoms. The number of carbonyl (C=O) groups is 1. The van der Waals surface area contributed by atoms with Gasteiger partial charge in [-0.2, -0.15) is 0 Å². The molecule has 2 atom stereocenters. The van der Waals surface area contributed by atoms with Crippen molar-refractivity contribution >= 4 is 41.1 Å². The minimum absolute atomic E-state index is 0.0464. The van der Waals surface area contributed by atoms with Crippen molar-refractivity contribution in [2.75, 3.05) is 40.4 Å². The van der Waals surface area contributed by atoms with Gasteiger partial charge in [-0.05, 0) is 68.6 Å². The summed E-state index contributed by atoms with van der Waals surface area (Å²) in [7, 11) is -5.12. The second-order valence-electron chi connectivity index (χ2n) is 11.7. The van der Waals surface area contributed by atoms with E-state index in [9.17, 15) is 26.8 Å². The Morgan fingerprint density at radius 2 is 1.88 bits per heavy atom. The van der Waals surface area contributed by atoms with Gasteiger partial charge in [0, 0.05) is 31.2 Å². The number of aliphatic hydroxyl groups is 1. The first-order chi connectivity index (χ1) is 18.7. The van der Waals surface area contributed by atoms with Gasteiger partial charge in [-0.3, -0.25) is 14.3 Å². The summed E-state index contributed by atoms with van der Waals surface area (Å²) in [6, 6.07) is 9.36. The van der Waals surface area contributed by atoms with Crippen LogP contribution in [0, 0.1) is 5.92 Å². The molecule has 220 valence electrons. The Hall–Kier alpha value is -2.77. The lowest BCUT2D eigenvalue weighted by Gasteiger charge is -2.38. The number of halogens is 2. The lowest BCUT2D eigenvalue weighted by Crippen LogP contribution is -2.43. The molecular weight excluding hydrogens is 558 g/mol. The van der Waals surface area contributed by atoms with E-state index >= 15 is 0 Å². The molecule has 0 unspecified atom stereocenters. The Balaban J connectivity index is 1.61. The van der Waals surface area contributed by atoms with Gasteiger partial charge in [-0.15, -0.1) is 0 Å². The van der Waals surface area contributed by atoms with Crippen molar-refractivity contribution in [2.45, 2.75) is 63.3 Å². The zero-order valence-corrected chi connectivity index (χ0v) is 24.9. The fraction of sp³-hybridized carbons (Fsp3) is 0.556. The van der Waals surface area contributed by atoms with Crippen LogP contribution in [-0.4, -0.2) is 63.4 Å². The molecular formula is C27H38F2N4O5SSi. The number of sulfonamides is 1. The Kier molecular flexibility index (Phi) is 8.76. The van der Waals surface area contributed by atoms with Gasteiger partial charge in [-0.1, -0.05) is 13.1 Å². The molecule has 2 aliphatic rings. The highest BCUT2D eigenvalue weighted by atomic mass is 32.2. The topological polar surface area (TPSA) is 121 Å². The molecule has 13 heteroatoms. The molecule has 0 bridgehead atoms. The van der Waals surface area contributed by atoms with Crippen LogP contribution in [-0.2, 0) is 10.0 Å². The highest BCUT2D eigenvalue weighted by Gasteiger charge is 2.40. The SMILES string of the molecule is CC(F)(F)[C@@H]1CC[C@H](n2cccc(NC(=O)c3ccc(NS(=O)(=O)CCO)cc3N3CC[Si](C)(C)CC3)c2=O)C1. The Labute approximate surface area is 234 Å². The monoisotopic (exact) mass is 596 g/mol. The summed E-state index contributed by atoms with van der Waals surface area (Å²) in [5.74, 6) is -4.59. The van der Waals surface area contributed by atoms with Crippen LogP contribution in [0.2, 0.25) is 25.2 Å². The van der Waals surface area contributed by atoms with Gasteiger partial charge in [0.1, 0.15) is 5.69 Å². The number of aromatic nitrogens is 1. The molecule has 2 fully saturated rings. The zero-order valence-electron chi connectivity index (χ0n) is 23.1. The predicted molar refractivity (Wildman–Crippen MR) is 156 cm³/mol. The number of pyridine rings is 1. The molecule has 1 aliphatic carbocycles. The predicted octanol–water partition coefficient (Wildman–Crippen LogP) is 4.36. The van der Waals surface area contributed by atoms with Crippen molar-refractivity contribution < 1.29 is 27.1 Å². The maximum absolute atomic E-state index is 13.9. The molecule has 1 aliphatic heterocycles. The Morgan fingerprint density at radius 3 is 2.50 bits per heavy atom. The Bertz CT molecular complexity index is 1400. The van der Waals surface area contributed by atoms with Crippen LogP contribution in [0.3, 0.4) is 0 Å².